The maximum absolute atomic E-state index is 11.9. The van der Waals surface area contributed by atoms with Gasteiger partial charge in [-0.1, -0.05) is 12.1 Å². The molecule has 1 aliphatic heterocycles. The van der Waals surface area contributed by atoms with Gasteiger partial charge >= 0.3 is 6.03 Å². The van der Waals surface area contributed by atoms with Crippen LogP contribution in [-0.2, 0) is 4.79 Å². The van der Waals surface area contributed by atoms with E-state index in [1.165, 1.54) is 6.33 Å². The van der Waals surface area contributed by atoms with Crippen molar-refractivity contribution in [3.63, 3.8) is 0 Å². The third-order valence-corrected chi connectivity index (χ3v) is 4.32. The van der Waals surface area contributed by atoms with Crippen molar-refractivity contribution in [2.45, 2.75) is 19.8 Å². The van der Waals surface area contributed by atoms with Gasteiger partial charge in [-0.3, -0.25) is 15.2 Å². The Morgan fingerprint density at radius 2 is 2.23 bits per heavy atom. The molecule has 134 valence electrons. The number of aromatic nitrogens is 3. The van der Waals surface area contributed by atoms with Crippen molar-refractivity contribution in [3.05, 3.63) is 24.5 Å². The zero-order valence-corrected chi connectivity index (χ0v) is 14.3. The van der Waals surface area contributed by atoms with E-state index in [1.807, 2.05) is 25.1 Å². The Labute approximate surface area is 149 Å². The predicted molar refractivity (Wildman–Crippen MR) is 98.7 cm³/mol. The van der Waals surface area contributed by atoms with Gasteiger partial charge in [0.05, 0.1) is 16.6 Å². The lowest BCUT2D eigenvalue weighted by Crippen LogP contribution is -2.31. The average Bonchev–Trinajstić information content (AvgIpc) is 3.20. The van der Waals surface area contributed by atoms with E-state index in [-0.39, 0.29) is 11.9 Å². The number of carbonyl (C=O) groups is 2. The fourth-order valence-electron chi connectivity index (χ4n) is 3.16. The lowest BCUT2D eigenvalue weighted by Gasteiger charge is -2.17. The molecule has 26 heavy (non-hydrogen) atoms. The van der Waals surface area contributed by atoms with Crippen LogP contribution in [0.1, 0.15) is 19.8 Å². The van der Waals surface area contributed by atoms with Crippen LogP contribution >= 0.6 is 0 Å². The lowest BCUT2D eigenvalue weighted by atomic mass is 10.2. The molecule has 0 spiro atoms. The topological polar surface area (TPSA) is 115 Å². The standard InChI is InChI=1S/C17H19N7O2/c1-2-18-17(26)21-11-6-3-5-10-13-15(22-14(10)11)19-9-20-16(13)23-24-8-4-7-12(24)25/h3,5-6,9H,2,4,7-8H2,1H3,(H2,18,21,26)(H2,19,20,22,23). The number of aromatic amines is 1. The first-order valence-corrected chi connectivity index (χ1v) is 8.54. The van der Waals surface area contributed by atoms with Crippen molar-refractivity contribution in [2.24, 2.45) is 0 Å². The zero-order chi connectivity index (χ0) is 18.1. The number of para-hydroxylation sites is 1. The van der Waals surface area contributed by atoms with Gasteiger partial charge in [0.1, 0.15) is 12.0 Å². The van der Waals surface area contributed by atoms with Crippen LogP contribution < -0.4 is 16.1 Å². The third kappa shape index (κ3) is 2.77. The monoisotopic (exact) mass is 353 g/mol. The SMILES string of the molecule is CCNC(=O)Nc1cccc2c1[nH]c1ncnc(NN3CCCC3=O)c12. The van der Waals surface area contributed by atoms with Gasteiger partial charge in [-0.2, -0.15) is 0 Å². The van der Waals surface area contributed by atoms with Crippen molar-refractivity contribution in [1.82, 2.24) is 25.3 Å². The molecule has 2 aromatic heterocycles. The van der Waals surface area contributed by atoms with Gasteiger partial charge in [-0.15, -0.1) is 0 Å². The highest BCUT2D eigenvalue weighted by Crippen LogP contribution is 2.33. The number of hydrogen-bond donors (Lipinski definition) is 4. The third-order valence-electron chi connectivity index (χ3n) is 4.32. The Morgan fingerprint density at radius 1 is 1.35 bits per heavy atom. The molecule has 3 amide bonds. The molecule has 1 aliphatic rings. The van der Waals surface area contributed by atoms with Gasteiger partial charge in [0, 0.05) is 24.9 Å². The Kier molecular flexibility index (Phi) is 4.04. The van der Waals surface area contributed by atoms with E-state index in [9.17, 15) is 9.59 Å². The Morgan fingerprint density at radius 3 is 3.00 bits per heavy atom. The minimum absolute atomic E-state index is 0.0511. The fraction of sp³-hybridized carbons (Fsp3) is 0.294. The number of fused-ring (bicyclic) bond motifs is 3. The van der Waals surface area contributed by atoms with Crippen LogP contribution in [0.2, 0.25) is 0 Å². The van der Waals surface area contributed by atoms with Crippen molar-refractivity contribution in [3.8, 4) is 0 Å². The quantitative estimate of drug-likeness (QED) is 0.574. The molecule has 4 rings (SSSR count). The summed E-state index contributed by atoms with van der Waals surface area (Å²) in [4.78, 5) is 35.6. The van der Waals surface area contributed by atoms with Crippen LogP contribution in [0.3, 0.4) is 0 Å². The molecule has 9 heteroatoms. The second-order valence-electron chi connectivity index (χ2n) is 6.04. The van der Waals surface area contributed by atoms with Crippen molar-refractivity contribution in [2.75, 3.05) is 23.8 Å². The van der Waals surface area contributed by atoms with E-state index in [1.54, 1.807) is 5.01 Å². The lowest BCUT2D eigenvalue weighted by molar-refractivity contribution is -0.126. The summed E-state index contributed by atoms with van der Waals surface area (Å²) in [7, 11) is 0. The van der Waals surface area contributed by atoms with E-state index in [2.05, 4.69) is 31.0 Å². The van der Waals surface area contributed by atoms with Gasteiger partial charge in [0.25, 0.3) is 0 Å². The molecule has 0 bridgehead atoms. The summed E-state index contributed by atoms with van der Waals surface area (Å²) in [5.41, 5.74) is 5.14. The van der Waals surface area contributed by atoms with Crippen molar-refractivity contribution >= 4 is 45.4 Å². The van der Waals surface area contributed by atoms with E-state index in [4.69, 9.17) is 0 Å². The number of anilines is 2. The van der Waals surface area contributed by atoms with Crippen LogP contribution in [0.15, 0.2) is 24.5 Å². The molecular weight excluding hydrogens is 334 g/mol. The molecule has 1 fully saturated rings. The highest BCUT2D eigenvalue weighted by Gasteiger charge is 2.22. The van der Waals surface area contributed by atoms with Crippen LogP contribution in [0.4, 0.5) is 16.3 Å². The number of H-pyrrole nitrogens is 1. The normalized spacial score (nSPS) is 14.2. The van der Waals surface area contributed by atoms with Gasteiger partial charge in [-0.05, 0) is 19.4 Å². The van der Waals surface area contributed by atoms with Gasteiger partial charge in [0.2, 0.25) is 5.91 Å². The molecule has 9 nitrogen and oxygen atoms in total. The Bertz CT molecular complexity index is 997. The summed E-state index contributed by atoms with van der Waals surface area (Å²) in [5, 5.41) is 8.77. The zero-order valence-electron chi connectivity index (χ0n) is 14.3. The van der Waals surface area contributed by atoms with E-state index >= 15 is 0 Å². The highest BCUT2D eigenvalue weighted by atomic mass is 16.2. The molecule has 1 saturated heterocycles. The minimum Gasteiger partial charge on any atom is -0.338 e. The van der Waals surface area contributed by atoms with E-state index < -0.39 is 0 Å². The summed E-state index contributed by atoms with van der Waals surface area (Å²) in [6.45, 7) is 3.05. The predicted octanol–water partition coefficient (Wildman–Crippen LogP) is 2.20. The van der Waals surface area contributed by atoms with Crippen molar-refractivity contribution < 1.29 is 9.59 Å². The van der Waals surface area contributed by atoms with Crippen LogP contribution in [0, 0.1) is 0 Å². The Balaban J connectivity index is 1.78. The average molecular weight is 353 g/mol. The van der Waals surface area contributed by atoms with Crippen LogP contribution in [-0.4, -0.2) is 45.0 Å². The maximum Gasteiger partial charge on any atom is 0.319 e. The molecule has 3 heterocycles. The highest BCUT2D eigenvalue weighted by molar-refractivity contribution is 6.15. The summed E-state index contributed by atoms with van der Waals surface area (Å²) in [6.07, 6.45) is 2.81. The van der Waals surface area contributed by atoms with Crippen LogP contribution in [0.5, 0.6) is 0 Å². The number of amides is 3. The largest absolute Gasteiger partial charge is 0.338 e. The van der Waals surface area contributed by atoms with Crippen LogP contribution in [0.25, 0.3) is 21.9 Å². The summed E-state index contributed by atoms with van der Waals surface area (Å²) in [6, 6.07) is 5.33. The smallest absolute Gasteiger partial charge is 0.319 e. The maximum atomic E-state index is 11.9. The molecular formula is C17H19N7O2. The number of carbonyl (C=O) groups excluding carboxylic acids is 2. The summed E-state index contributed by atoms with van der Waals surface area (Å²) >= 11 is 0. The molecule has 0 radical (unpaired) electrons. The number of hydrazine groups is 1. The number of urea groups is 1. The van der Waals surface area contributed by atoms with E-state index in [0.717, 1.165) is 22.7 Å². The molecule has 0 saturated carbocycles. The number of nitrogens with one attached hydrogen (secondary N) is 4. The number of nitrogens with zero attached hydrogens (tertiary/aromatic N) is 3. The number of rotatable bonds is 4. The molecule has 4 N–H and O–H groups in total. The molecule has 3 aromatic rings. The first-order valence-electron chi connectivity index (χ1n) is 8.54. The fourth-order valence-corrected chi connectivity index (χ4v) is 3.16. The second kappa shape index (κ2) is 6.51. The summed E-state index contributed by atoms with van der Waals surface area (Å²) < 4.78 is 0. The minimum atomic E-state index is -0.272. The molecule has 0 atom stereocenters. The molecule has 0 unspecified atom stereocenters. The second-order valence-corrected chi connectivity index (χ2v) is 6.04. The van der Waals surface area contributed by atoms with Gasteiger partial charge in [0.15, 0.2) is 5.82 Å². The number of benzene rings is 1. The van der Waals surface area contributed by atoms with Crippen molar-refractivity contribution in [1.29, 1.82) is 0 Å². The summed E-state index contributed by atoms with van der Waals surface area (Å²) in [5.74, 6) is 0.613. The Hall–Kier alpha value is -3.36. The van der Waals surface area contributed by atoms with Gasteiger partial charge < -0.3 is 15.6 Å². The van der Waals surface area contributed by atoms with E-state index in [0.29, 0.717) is 36.7 Å². The first kappa shape index (κ1) is 16.1. The molecule has 0 aliphatic carbocycles. The molecule has 1 aromatic carbocycles. The first-order chi connectivity index (χ1) is 12.7. The van der Waals surface area contributed by atoms with Gasteiger partial charge in [-0.25, -0.2) is 14.8 Å². The number of hydrogen-bond acceptors (Lipinski definition) is 5.